The molecule has 2 N–H and O–H groups in total. The van der Waals surface area contributed by atoms with Crippen LogP contribution in [-0.4, -0.2) is 43.3 Å². The van der Waals surface area contributed by atoms with E-state index in [9.17, 15) is 0 Å². The number of morpholine rings is 1. The summed E-state index contributed by atoms with van der Waals surface area (Å²) in [5, 5.41) is 0. The number of hydrogen-bond donors (Lipinski definition) is 1. The highest BCUT2D eigenvalue weighted by Crippen LogP contribution is 2.22. The molecule has 0 aromatic carbocycles. The molecule has 0 aliphatic carbocycles. The van der Waals surface area contributed by atoms with Crippen molar-refractivity contribution in [3.05, 3.63) is 0 Å². The summed E-state index contributed by atoms with van der Waals surface area (Å²) in [4.78, 5) is 2.61. The van der Waals surface area contributed by atoms with Gasteiger partial charge in [-0.05, 0) is 44.7 Å². The summed E-state index contributed by atoms with van der Waals surface area (Å²) in [5.41, 5.74) is 6.07. The molecular formula is C15H32N2O. The fraction of sp³-hybridized carbons (Fsp3) is 1.00. The van der Waals surface area contributed by atoms with Gasteiger partial charge in [0, 0.05) is 12.6 Å². The second kappa shape index (κ2) is 7.46. The molecule has 0 aromatic rings. The maximum Gasteiger partial charge on any atom is 0.0674 e. The summed E-state index contributed by atoms with van der Waals surface area (Å²) in [7, 11) is 0. The van der Waals surface area contributed by atoms with Gasteiger partial charge in [-0.3, -0.25) is 4.90 Å². The Morgan fingerprint density at radius 3 is 2.67 bits per heavy atom. The standard InChI is InChI=1S/C15H32N2O/c1-5-14-11-18-13(2)10-17(14)9-7-6-8-15(3,4)12-16/h13-14H,5-12,16H2,1-4H3. The van der Waals surface area contributed by atoms with Gasteiger partial charge in [-0.2, -0.15) is 0 Å². The van der Waals surface area contributed by atoms with Crippen LogP contribution in [0.5, 0.6) is 0 Å². The molecule has 3 nitrogen and oxygen atoms in total. The Bertz CT molecular complexity index is 231. The number of rotatable bonds is 7. The molecule has 0 amide bonds. The van der Waals surface area contributed by atoms with Crippen LogP contribution >= 0.6 is 0 Å². The van der Waals surface area contributed by atoms with Crippen molar-refractivity contribution < 1.29 is 4.74 Å². The normalized spacial score (nSPS) is 26.5. The molecule has 0 spiro atoms. The minimum atomic E-state index is 0.308. The Morgan fingerprint density at radius 1 is 1.33 bits per heavy atom. The third kappa shape index (κ3) is 5.25. The largest absolute Gasteiger partial charge is 0.376 e. The molecule has 0 saturated carbocycles. The van der Waals surface area contributed by atoms with Crippen molar-refractivity contribution in [1.29, 1.82) is 0 Å². The van der Waals surface area contributed by atoms with E-state index in [-0.39, 0.29) is 0 Å². The van der Waals surface area contributed by atoms with Crippen LogP contribution in [0.25, 0.3) is 0 Å². The highest BCUT2D eigenvalue weighted by Gasteiger charge is 2.25. The third-order valence-corrected chi connectivity index (χ3v) is 4.15. The lowest BCUT2D eigenvalue weighted by molar-refractivity contribution is -0.0562. The average Bonchev–Trinajstić information content (AvgIpc) is 2.35. The van der Waals surface area contributed by atoms with Gasteiger partial charge in [0.1, 0.15) is 0 Å². The molecule has 1 aliphatic heterocycles. The zero-order valence-electron chi connectivity index (χ0n) is 12.7. The fourth-order valence-electron chi connectivity index (χ4n) is 2.58. The van der Waals surface area contributed by atoms with Gasteiger partial charge in [0.2, 0.25) is 0 Å². The van der Waals surface area contributed by atoms with Gasteiger partial charge < -0.3 is 10.5 Å². The van der Waals surface area contributed by atoms with Crippen molar-refractivity contribution in [2.45, 2.75) is 65.5 Å². The number of unbranched alkanes of at least 4 members (excludes halogenated alkanes) is 1. The topological polar surface area (TPSA) is 38.5 Å². The molecule has 2 unspecified atom stereocenters. The van der Waals surface area contributed by atoms with E-state index in [1.54, 1.807) is 0 Å². The van der Waals surface area contributed by atoms with Crippen molar-refractivity contribution in [3.63, 3.8) is 0 Å². The van der Waals surface area contributed by atoms with Crippen LogP contribution in [0.1, 0.15) is 53.4 Å². The Hall–Kier alpha value is -0.120. The van der Waals surface area contributed by atoms with Crippen LogP contribution in [-0.2, 0) is 4.74 Å². The summed E-state index contributed by atoms with van der Waals surface area (Å²) in [5.74, 6) is 0. The van der Waals surface area contributed by atoms with Crippen molar-refractivity contribution in [2.24, 2.45) is 11.1 Å². The molecule has 0 aromatic heterocycles. The molecule has 18 heavy (non-hydrogen) atoms. The van der Waals surface area contributed by atoms with Gasteiger partial charge in [-0.1, -0.05) is 27.2 Å². The highest BCUT2D eigenvalue weighted by atomic mass is 16.5. The monoisotopic (exact) mass is 256 g/mol. The van der Waals surface area contributed by atoms with E-state index in [0.717, 1.165) is 19.7 Å². The van der Waals surface area contributed by atoms with Crippen molar-refractivity contribution in [3.8, 4) is 0 Å². The first kappa shape index (κ1) is 15.9. The number of nitrogens with zero attached hydrogens (tertiary/aromatic N) is 1. The lowest BCUT2D eigenvalue weighted by Crippen LogP contribution is -2.48. The molecule has 0 radical (unpaired) electrons. The molecule has 3 heteroatoms. The summed E-state index contributed by atoms with van der Waals surface area (Å²) < 4.78 is 5.73. The quantitative estimate of drug-likeness (QED) is 0.712. The van der Waals surface area contributed by atoms with Gasteiger partial charge in [-0.15, -0.1) is 0 Å². The van der Waals surface area contributed by atoms with E-state index in [1.807, 2.05) is 0 Å². The lowest BCUT2D eigenvalue weighted by Gasteiger charge is -2.38. The molecule has 1 rings (SSSR count). The van der Waals surface area contributed by atoms with Crippen LogP contribution in [0.4, 0.5) is 0 Å². The third-order valence-electron chi connectivity index (χ3n) is 4.15. The highest BCUT2D eigenvalue weighted by molar-refractivity contribution is 4.78. The van der Waals surface area contributed by atoms with E-state index in [1.165, 1.54) is 32.2 Å². The van der Waals surface area contributed by atoms with Gasteiger partial charge in [0.15, 0.2) is 0 Å². The SMILES string of the molecule is CCC1COC(C)CN1CCCCC(C)(C)CN. The van der Waals surface area contributed by atoms with E-state index in [4.69, 9.17) is 10.5 Å². The molecule has 1 heterocycles. The Balaban J connectivity index is 2.24. The second-order valence-corrected chi connectivity index (χ2v) is 6.53. The van der Waals surface area contributed by atoms with Gasteiger partial charge in [-0.25, -0.2) is 0 Å². The Morgan fingerprint density at radius 2 is 2.06 bits per heavy atom. The molecule has 108 valence electrons. The molecule has 0 bridgehead atoms. The van der Waals surface area contributed by atoms with Crippen molar-refractivity contribution in [2.75, 3.05) is 26.2 Å². The Labute approximate surface area is 113 Å². The van der Waals surface area contributed by atoms with E-state index in [0.29, 0.717) is 17.6 Å². The smallest absolute Gasteiger partial charge is 0.0674 e. The molecule has 1 aliphatic rings. The molecular weight excluding hydrogens is 224 g/mol. The first-order chi connectivity index (χ1) is 8.48. The molecule has 2 atom stereocenters. The van der Waals surface area contributed by atoms with Gasteiger partial charge in [0.25, 0.3) is 0 Å². The number of ether oxygens (including phenoxy) is 1. The zero-order valence-corrected chi connectivity index (χ0v) is 12.7. The first-order valence-corrected chi connectivity index (χ1v) is 7.54. The predicted octanol–water partition coefficient (Wildman–Crippen LogP) is 2.64. The summed E-state index contributed by atoms with van der Waals surface area (Å²) >= 11 is 0. The first-order valence-electron chi connectivity index (χ1n) is 7.54. The van der Waals surface area contributed by atoms with E-state index in [2.05, 4.69) is 32.6 Å². The van der Waals surface area contributed by atoms with Crippen molar-refractivity contribution >= 4 is 0 Å². The maximum atomic E-state index is 5.77. The van der Waals surface area contributed by atoms with Gasteiger partial charge >= 0.3 is 0 Å². The average molecular weight is 256 g/mol. The Kier molecular flexibility index (Phi) is 6.61. The zero-order chi connectivity index (χ0) is 13.6. The maximum absolute atomic E-state index is 5.77. The molecule has 1 fully saturated rings. The van der Waals surface area contributed by atoms with E-state index < -0.39 is 0 Å². The minimum Gasteiger partial charge on any atom is -0.376 e. The van der Waals surface area contributed by atoms with Gasteiger partial charge in [0.05, 0.1) is 12.7 Å². The fourth-order valence-corrected chi connectivity index (χ4v) is 2.58. The predicted molar refractivity (Wildman–Crippen MR) is 77.8 cm³/mol. The van der Waals surface area contributed by atoms with Crippen LogP contribution in [0.15, 0.2) is 0 Å². The van der Waals surface area contributed by atoms with Crippen LogP contribution in [0, 0.1) is 5.41 Å². The van der Waals surface area contributed by atoms with Crippen LogP contribution in [0.2, 0.25) is 0 Å². The van der Waals surface area contributed by atoms with Crippen molar-refractivity contribution in [1.82, 2.24) is 4.90 Å². The lowest BCUT2D eigenvalue weighted by atomic mass is 9.87. The second-order valence-electron chi connectivity index (χ2n) is 6.53. The summed E-state index contributed by atoms with van der Waals surface area (Å²) in [6.07, 6.45) is 5.40. The number of nitrogens with two attached hydrogens (primary N) is 1. The van der Waals surface area contributed by atoms with E-state index >= 15 is 0 Å². The minimum absolute atomic E-state index is 0.308. The van der Waals surface area contributed by atoms with Crippen LogP contribution < -0.4 is 5.73 Å². The molecule has 1 saturated heterocycles. The summed E-state index contributed by atoms with van der Waals surface area (Å²) in [6, 6.07) is 0.628. The number of hydrogen-bond acceptors (Lipinski definition) is 3. The van der Waals surface area contributed by atoms with Crippen LogP contribution in [0.3, 0.4) is 0 Å². The summed E-state index contributed by atoms with van der Waals surface area (Å²) in [6.45, 7) is 13.0.